The SMILES string of the molecule is OB(O)c1c(F)cc(Cl)cc1F. The molecule has 1 aromatic rings. The lowest BCUT2D eigenvalue weighted by Crippen LogP contribution is -2.35. The van der Waals surface area contributed by atoms with Gasteiger partial charge in [0, 0.05) is 5.02 Å². The van der Waals surface area contributed by atoms with E-state index in [4.69, 9.17) is 21.6 Å². The molecule has 0 aliphatic rings. The van der Waals surface area contributed by atoms with Crippen molar-refractivity contribution in [3.63, 3.8) is 0 Å². The van der Waals surface area contributed by atoms with Crippen LogP contribution in [0.5, 0.6) is 0 Å². The monoisotopic (exact) mass is 192 g/mol. The first kappa shape index (κ1) is 9.44. The molecule has 1 rings (SSSR count). The molecule has 0 bridgehead atoms. The standard InChI is InChI=1S/C6H4BClF2O2/c8-3-1-4(9)6(7(11)12)5(10)2-3/h1-2,11-12H. The highest BCUT2D eigenvalue weighted by Gasteiger charge is 2.21. The van der Waals surface area contributed by atoms with E-state index in [0.29, 0.717) is 0 Å². The Morgan fingerprint density at radius 3 is 1.92 bits per heavy atom. The van der Waals surface area contributed by atoms with Crippen LogP contribution >= 0.6 is 11.6 Å². The predicted octanol–water partition coefficient (Wildman–Crippen LogP) is 0.298. The summed E-state index contributed by atoms with van der Waals surface area (Å²) < 4.78 is 25.4. The molecule has 12 heavy (non-hydrogen) atoms. The number of hydrogen-bond acceptors (Lipinski definition) is 2. The van der Waals surface area contributed by atoms with E-state index in [0.717, 1.165) is 12.1 Å². The molecule has 2 N–H and O–H groups in total. The third-order valence-electron chi connectivity index (χ3n) is 1.30. The lowest BCUT2D eigenvalue weighted by molar-refractivity contribution is 0.419. The van der Waals surface area contributed by atoms with E-state index in [2.05, 4.69) is 0 Å². The van der Waals surface area contributed by atoms with Gasteiger partial charge in [-0.15, -0.1) is 0 Å². The van der Waals surface area contributed by atoms with Crippen molar-refractivity contribution >= 4 is 24.2 Å². The summed E-state index contributed by atoms with van der Waals surface area (Å²) in [7, 11) is -2.16. The van der Waals surface area contributed by atoms with Crippen LogP contribution in [-0.2, 0) is 0 Å². The minimum absolute atomic E-state index is 0.130. The fourth-order valence-corrected chi connectivity index (χ4v) is 0.992. The van der Waals surface area contributed by atoms with Crippen LogP contribution in [0.1, 0.15) is 0 Å². The zero-order valence-electron chi connectivity index (χ0n) is 5.76. The fraction of sp³-hybridized carbons (Fsp3) is 0. The van der Waals surface area contributed by atoms with Crippen LogP contribution in [0.25, 0.3) is 0 Å². The predicted molar refractivity (Wildman–Crippen MR) is 41.2 cm³/mol. The summed E-state index contributed by atoms with van der Waals surface area (Å²) in [5, 5.41) is 16.9. The molecule has 0 aliphatic carbocycles. The average Bonchev–Trinajstić information content (AvgIpc) is 1.82. The van der Waals surface area contributed by atoms with Gasteiger partial charge < -0.3 is 10.0 Å². The van der Waals surface area contributed by atoms with E-state index in [1.54, 1.807) is 0 Å². The van der Waals surface area contributed by atoms with Gasteiger partial charge in [-0.05, 0) is 12.1 Å². The van der Waals surface area contributed by atoms with Gasteiger partial charge in [0.2, 0.25) is 0 Å². The van der Waals surface area contributed by atoms with Gasteiger partial charge in [0.25, 0.3) is 0 Å². The Labute approximate surface area is 72.5 Å². The Kier molecular flexibility index (Phi) is 2.67. The minimum Gasteiger partial charge on any atom is -0.423 e. The number of rotatable bonds is 1. The molecule has 0 fully saturated rings. The van der Waals surface area contributed by atoms with E-state index in [1.165, 1.54) is 0 Å². The highest BCUT2D eigenvalue weighted by Crippen LogP contribution is 2.11. The Morgan fingerprint density at radius 2 is 1.58 bits per heavy atom. The lowest BCUT2D eigenvalue weighted by atomic mass is 9.79. The van der Waals surface area contributed by atoms with Gasteiger partial charge in [0.1, 0.15) is 11.6 Å². The van der Waals surface area contributed by atoms with Gasteiger partial charge in [-0.2, -0.15) is 0 Å². The first-order chi connectivity index (χ1) is 5.52. The molecule has 0 saturated heterocycles. The molecule has 2 nitrogen and oxygen atoms in total. The molecular formula is C6H4BClF2O2. The smallest absolute Gasteiger partial charge is 0.423 e. The van der Waals surface area contributed by atoms with E-state index in [-0.39, 0.29) is 5.02 Å². The van der Waals surface area contributed by atoms with Gasteiger partial charge in [0.05, 0.1) is 5.46 Å². The highest BCUT2D eigenvalue weighted by molar-refractivity contribution is 6.58. The van der Waals surface area contributed by atoms with Crippen LogP contribution in [0.15, 0.2) is 12.1 Å². The second kappa shape index (κ2) is 3.39. The third-order valence-corrected chi connectivity index (χ3v) is 1.52. The van der Waals surface area contributed by atoms with Gasteiger partial charge >= 0.3 is 7.12 Å². The second-order valence-electron chi connectivity index (χ2n) is 2.16. The van der Waals surface area contributed by atoms with Gasteiger partial charge in [0.15, 0.2) is 0 Å². The Balaban J connectivity index is 3.28. The molecule has 0 amide bonds. The third kappa shape index (κ3) is 1.74. The zero-order chi connectivity index (χ0) is 9.30. The Morgan fingerprint density at radius 1 is 1.17 bits per heavy atom. The van der Waals surface area contributed by atoms with Crippen molar-refractivity contribution in [3.8, 4) is 0 Å². The first-order valence-electron chi connectivity index (χ1n) is 3.03. The Hall–Kier alpha value is -0.645. The summed E-state index contributed by atoms with van der Waals surface area (Å²) in [6.07, 6.45) is 0. The quantitative estimate of drug-likeness (QED) is 0.628. The molecule has 64 valence electrons. The second-order valence-corrected chi connectivity index (χ2v) is 2.59. The summed E-state index contributed by atoms with van der Waals surface area (Å²) in [5.41, 5.74) is -0.792. The van der Waals surface area contributed by atoms with Crippen LogP contribution in [0, 0.1) is 11.6 Å². The molecular weight excluding hydrogens is 188 g/mol. The van der Waals surface area contributed by atoms with E-state index >= 15 is 0 Å². The van der Waals surface area contributed by atoms with Gasteiger partial charge in [-0.25, -0.2) is 8.78 Å². The number of benzene rings is 1. The van der Waals surface area contributed by atoms with Crippen LogP contribution in [-0.4, -0.2) is 17.2 Å². The maximum atomic E-state index is 12.7. The molecule has 0 unspecified atom stereocenters. The van der Waals surface area contributed by atoms with E-state index in [9.17, 15) is 8.78 Å². The normalized spacial score (nSPS) is 10.1. The molecule has 0 spiro atoms. The average molecular weight is 192 g/mol. The van der Waals surface area contributed by atoms with Crippen LogP contribution in [0.2, 0.25) is 5.02 Å². The topological polar surface area (TPSA) is 40.5 Å². The minimum atomic E-state index is -2.16. The number of hydrogen-bond donors (Lipinski definition) is 2. The van der Waals surface area contributed by atoms with Crippen LogP contribution in [0.3, 0.4) is 0 Å². The van der Waals surface area contributed by atoms with E-state index < -0.39 is 24.2 Å². The van der Waals surface area contributed by atoms with Gasteiger partial charge in [-0.3, -0.25) is 0 Å². The molecule has 0 atom stereocenters. The molecule has 0 aromatic heterocycles. The van der Waals surface area contributed by atoms with Gasteiger partial charge in [-0.1, -0.05) is 11.6 Å². The summed E-state index contributed by atoms with van der Waals surface area (Å²) in [4.78, 5) is 0. The molecule has 0 radical (unpaired) electrons. The summed E-state index contributed by atoms with van der Waals surface area (Å²) in [6.45, 7) is 0. The number of halogens is 3. The summed E-state index contributed by atoms with van der Waals surface area (Å²) in [5.74, 6) is -2.15. The molecule has 6 heteroatoms. The van der Waals surface area contributed by atoms with Crippen molar-refractivity contribution in [1.29, 1.82) is 0 Å². The van der Waals surface area contributed by atoms with Crippen molar-refractivity contribution in [3.05, 3.63) is 28.8 Å². The lowest BCUT2D eigenvalue weighted by Gasteiger charge is -2.02. The van der Waals surface area contributed by atoms with Crippen LogP contribution < -0.4 is 5.46 Å². The van der Waals surface area contributed by atoms with Crippen molar-refractivity contribution < 1.29 is 18.8 Å². The van der Waals surface area contributed by atoms with Crippen molar-refractivity contribution in [1.82, 2.24) is 0 Å². The Bertz CT molecular complexity index is 283. The first-order valence-corrected chi connectivity index (χ1v) is 3.40. The highest BCUT2D eigenvalue weighted by atomic mass is 35.5. The molecule has 1 aromatic carbocycles. The van der Waals surface area contributed by atoms with E-state index in [1.807, 2.05) is 0 Å². The largest absolute Gasteiger partial charge is 0.494 e. The fourth-order valence-electron chi connectivity index (χ4n) is 0.800. The maximum absolute atomic E-state index is 12.7. The molecule has 0 heterocycles. The molecule has 0 saturated carbocycles. The zero-order valence-corrected chi connectivity index (χ0v) is 6.52. The van der Waals surface area contributed by atoms with Crippen LogP contribution in [0.4, 0.5) is 8.78 Å². The molecule has 0 aliphatic heterocycles. The van der Waals surface area contributed by atoms with Crippen molar-refractivity contribution in [2.75, 3.05) is 0 Å². The van der Waals surface area contributed by atoms with Crippen molar-refractivity contribution in [2.45, 2.75) is 0 Å². The van der Waals surface area contributed by atoms with Crippen molar-refractivity contribution in [2.24, 2.45) is 0 Å². The summed E-state index contributed by atoms with van der Waals surface area (Å²) in [6, 6.07) is 1.61. The maximum Gasteiger partial charge on any atom is 0.494 e. The summed E-state index contributed by atoms with van der Waals surface area (Å²) >= 11 is 5.28.